The van der Waals surface area contributed by atoms with E-state index >= 15 is 0 Å². The minimum absolute atomic E-state index is 0. The van der Waals surface area contributed by atoms with Gasteiger partial charge in [0.2, 0.25) is 0 Å². The van der Waals surface area contributed by atoms with Crippen molar-refractivity contribution in [3.63, 3.8) is 0 Å². The quantitative estimate of drug-likeness (QED) is 0.550. The predicted octanol–water partition coefficient (Wildman–Crippen LogP) is 3.88. The summed E-state index contributed by atoms with van der Waals surface area (Å²) in [6.07, 6.45) is 0.206. The second kappa shape index (κ2) is 10.7. The fourth-order valence-corrected chi connectivity index (χ4v) is 2.17. The molecule has 0 radical (unpaired) electrons. The zero-order valence-electron chi connectivity index (χ0n) is 14.5. The van der Waals surface area contributed by atoms with Gasteiger partial charge in [-0.2, -0.15) is 0 Å². The fraction of sp³-hybridized carbons (Fsp3) is 0.316. The highest BCUT2D eigenvalue weighted by Crippen LogP contribution is 2.16. The van der Waals surface area contributed by atoms with Crippen LogP contribution in [0.15, 0.2) is 48.5 Å². The molecular formula is C19H25ClN2O3. The molecule has 0 unspecified atom stereocenters. The predicted molar refractivity (Wildman–Crippen MR) is 103 cm³/mol. The molecule has 0 aromatic heterocycles. The molecular weight excluding hydrogens is 340 g/mol. The van der Waals surface area contributed by atoms with Crippen LogP contribution in [0.4, 0.5) is 11.4 Å². The molecule has 0 atom stereocenters. The lowest BCUT2D eigenvalue weighted by molar-refractivity contribution is 0.0143. The van der Waals surface area contributed by atoms with Gasteiger partial charge in [0.25, 0.3) is 5.91 Å². The first kappa shape index (κ1) is 21.0. The average Bonchev–Trinajstić information content (AvgIpc) is 2.55. The van der Waals surface area contributed by atoms with Gasteiger partial charge in [-0.1, -0.05) is 24.3 Å². The monoisotopic (exact) mass is 364 g/mol. The normalized spacial score (nSPS) is 10.4. The SMILES string of the molecule is CC(C)OCCOCc1cccc(NC(=O)c2ccccc2N)c1.Cl. The number of benzene rings is 2. The maximum atomic E-state index is 12.3. The standard InChI is InChI=1S/C19H24N2O3.ClH/c1-14(2)24-11-10-23-13-15-6-5-7-16(12-15)21-19(22)17-8-3-4-9-18(17)20;/h3-9,12,14H,10-11,13,20H2,1-2H3,(H,21,22);1H. The number of carbonyl (C=O) groups excluding carboxylic acids is 1. The lowest BCUT2D eigenvalue weighted by Crippen LogP contribution is -2.14. The minimum atomic E-state index is -0.225. The molecule has 0 bridgehead atoms. The van der Waals surface area contributed by atoms with Gasteiger partial charge >= 0.3 is 0 Å². The Balaban J connectivity index is 0.00000312. The molecule has 1 amide bonds. The van der Waals surface area contributed by atoms with Crippen LogP contribution in [0, 0.1) is 0 Å². The summed E-state index contributed by atoms with van der Waals surface area (Å²) >= 11 is 0. The van der Waals surface area contributed by atoms with Gasteiger partial charge in [-0.15, -0.1) is 12.4 Å². The Hall–Kier alpha value is -2.08. The number of rotatable bonds is 8. The summed E-state index contributed by atoms with van der Waals surface area (Å²) in [5.74, 6) is -0.225. The number of anilines is 2. The number of para-hydroxylation sites is 1. The molecule has 0 aliphatic carbocycles. The Morgan fingerprint density at radius 1 is 1.12 bits per heavy atom. The molecule has 2 aromatic carbocycles. The van der Waals surface area contributed by atoms with Crippen LogP contribution in [0.1, 0.15) is 29.8 Å². The third-order valence-corrected chi connectivity index (χ3v) is 3.34. The van der Waals surface area contributed by atoms with Gasteiger partial charge < -0.3 is 20.5 Å². The van der Waals surface area contributed by atoms with E-state index in [1.807, 2.05) is 38.1 Å². The first-order valence-electron chi connectivity index (χ1n) is 8.00. The number of ether oxygens (including phenoxy) is 2. The molecule has 2 aromatic rings. The van der Waals surface area contributed by atoms with Crippen LogP contribution in [0.5, 0.6) is 0 Å². The molecule has 0 saturated heterocycles. The number of nitrogen functional groups attached to an aromatic ring is 1. The highest BCUT2D eigenvalue weighted by molar-refractivity contribution is 6.07. The first-order valence-corrected chi connectivity index (χ1v) is 8.00. The summed E-state index contributed by atoms with van der Waals surface area (Å²) in [5.41, 5.74) is 8.44. The van der Waals surface area contributed by atoms with E-state index in [0.717, 1.165) is 5.56 Å². The molecule has 136 valence electrons. The second-order valence-electron chi connectivity index (χ2n) is 5.71. The molecule has 2 rings (SSSR count). The summed E-state index contributed by atoms with van der Waals surface area (Å²) in [4.78, 5) is 12.3. The second-order valence-corrected chi connectivity index (χ2v) is 5.71. The first-order chi connectivity index (χ1) is 11.6. The van der Waals surface area contributed by atoms with Crippen molar-refractivity contribution >= 4 is 29.7 Å². The van der Waals surface area contributed by atoms with Crippen molar-refractivity contribution in [2.75, 3.05) is 24.3 Å². The van der Waals surface area contributed by atoms with E-state index in [0.29, 0.717) is 36.8 Å². The molecule has 0 fully saturated rings. The summed E-state index contributed by atoms with van der Waals surface area (Å²) in [6.45, 7) is 5.56. The molecule has 5 nitrogen and oxygen atoms in total. The minimum Gasteiger partial charge on any atom is -0.398 e. The molecule has 0 saturated carbocycles. The van der Waals surface area contributed by atoms with Gasteiger partial charge in [-0.3, -0.25) is 4.79 Å². The zero-order chi connectivity index (χ0) is 17.4. The lowest BCUT2D eigenvalue weighted by atomic mass is 10.1. The van der Waals surface area contributed by atoms with E-state index in [2.05, 4.69) is 5.32 Å². The Bertz CT molecular complexity index is 677. The van der Waals surface area contributed by atoms with Crippen LogP contribution < -0.4 is 11.1 Å². The number of halogens is 1. The number of hydrogen-bond donors (Lipinski definition) is 2. The summed E-state index contributed by atoms with van der Waals surface area (Å²) in [7, 11) is 0. The topological polar surface area (TPSA) is 73.6 Å². The van der Waals surface area contributed by atoms with Crippen LogP contribution in [-0.4, -0.2) is 25.2 Å². The molecule has 0 heterocycles. The number of amides is 1. The van der Waals surface area contributed by atoms with Gasteiger partial charge in [0.05, 0.1) is 31.5 Å². The number of nitrogens with two attached hydrogens (primary N) is 1. The van der Waals surface area contributed by atoms with E-state index in [1.165, 1.54) is 0 Å². The van der Waals surface area contributed by atoms with Crippen LogP contribution in [0.2, 0.25) is 0 Å². The number of hydrogen-bond acceptors (Lipinski definition) is 4. The van der Waals surface area contributed by atoms with Crippen molar-refractivity contribution in [1.82, 2.24) is 0 Å². The largest absolute Gasteiger partial charge is 0.398 e. The zero-order valence-corrected chi connectivity index (χ0v) is 15.3. The third-order valence-electron chi connectivity index (χ3n) is 3.34. The molecule has 0 aliphatic heterocycles. The Kier molecular flexibility index (Phi) is 8.99. The van der Waals surface area contributed by atoms with E-state index in [-0.39, 0.29) is 24.4 Å². The highest BCUT2D eigenvalue weighted by Gasteiger charge is 2.09. The van der Waals surface area contributed by atoms with Crippen LogP contribution >= 0.6 is 12.4 Å². The van der Waals surface area contributed by atoms with Crippen molar-refractivity contribution in [2.45, 2.75) is 26.6 Å². The fourth-order valence-electron chi connectivity index (χ4n) is 2.17. The van der Waals surface area contributed by atoms with E-state index in [9.17, 15) is 4.79 Å². The number of nitrogens with one attached hydrogen (secondary N) is 1. The third kappa shape index (κ3) is 7.13. The maximum Gasteiger partial charge on any atom is 0.257 e. The summed E-state index contributed by atoms with van der Waals surface area (Å²) < 4.78 is 11.0. The van der Waals surface area contributed by atoms with Gasteiger partial charge in [0.1, 0.15) is 0 Å². The highest BCUT2D eigenvalue weighted by atomic mass is 35.5. The molecule has 0 spiro atoms. The van der Waals surface area contributed by atoms with Crippen molar-refractivity contribution in [2.24, 2.45) is 0 Å². The van der Waals surface area contributed by atoms with Crippen molar-refractivity contribution in [3.8, 4) is 0 Å². The lowest BCUT2D eigenvalue weighted by Gasteiger charge is -2.10. The maximum absolute atomic E-state index is 12.3. The molecule has 0 aliphatic rings. The van der Waals surface area contributed by atoms with Gasteiger partial charge in [-0.25, -0.2) is 0 Å². The van der Waals surface area contributed by atoms with E-state index < -0.39 is 0 Å². The van der Waals surface area contributed by atoms with Crippen LogP contribution in [0.25, 0.3) is 0 Å². The van der Waals surface area contributed by atoms with Crippen LogP contribution in [0.3, 0.4) is 0 Å². The average molecular weight is 365 g/mol. The Morgan fingerprint density at radius 3 is 2.60 bits per heavy atom. The van der Waals surface area contributed by atoms with E-state index in [4.69, 9.17) is 15.2 Å². The molecule has 6 heteroatoms. The molecule has 3 N–H and O–H groups in total. The summed E-state index contributed by atoms with van der Waals surface area (Å²) in [5, 5.41) is 2.86. The van der Waals surface area contributed by atoms with Crippen LogP contribution in [-0.2, 0) is 16.1 Å². The van der Waals surface area contributed by atoms with Gasteiger partial charge in [-0.05, 0) is 43.7 Å². The Morgan fingerprint density at radius 2 is 1.88 bits per heavy atom. The Labute approximate surface area is 154 Å². The van der Waals surface area contributed by atoms with Crippen molar-refractivity contribution in [3.05, 3.63) is 59.7 Å². The van der Waals surface area contributed by atoms with Gasteiger partial charge in [0.15, 0.2) is 0 Å². The molecule has 25 heavy (non-hydrogen) atoms. The van der Waals surface area contributed by atoms with Crippen molar-refractivity contribution in [1.29, 1.82) is 0 Å². The van der Waals surface area contributed by atoms with Gasteiger partial charge in [0, 0.05) is 11.4 Å². The number of carbonyl (C=O) groups is 1. The summed E-state index contributed by atoms with van der Waals surface area (Å²) in [6, 6.07) is 14.6. The van der Waals surface area contributed by atoms with E-state index in [1.54, 1.807) is 24.3 Å². The van der Waals surface area contributed by atoms with Crippen molar-refractivity contribution < 1.29 is 14.3 Å². The smallest absolute Gasteiger partial charge is 0.257 e.